The molecule has 0 bridgehead atoms. The van der Waals surface area contributed by atoms with Crippen LogP contribution >= 0.6 is 22.9 Å². The van der Waals surface area contributed by atoms with Crippen LogP contribution in [0.25, 0.3) is 31.9 Å². The maximum Gasteiger partial charge on any atom is 0.126 e. The van der Waals surface area contributed by atoms with Crippen LogP contribution < -0.4 is 4.90 Å². The molecule has 2 aromatic carbocycles. The van der Waals surface area contributed by atoms with Gasteiger partial charge in [-0.15, -0.1) is 11.3 Å². The SMILES string of the molecule is Cc1cc(-c2ccc(Cl)cc2)c2sc(-c3cncc(N4CCN(C(C)C)CC4)c3)nc2c1. The number of benzene rings is 2. The van der Waals surface area contributed by atoms with Crippen molar-refractivity contribution >= 4 is 38.8 Å². The van der Waals surface area contributed by atoms with E-state index in [1.54, 1.807) is 11.3 Å². The van der Waals surface area contributed by atoms with E-state index in [9.17, 15) is 0 Å². The minimum Gasteiger partial charge on any atom is -0.368 e. The quantitative estimate of drug-likeness (QED) is 0.345. The van der Waals surface area contributed by atoms with Crippen LogP contribution in [0.5, 0.6) is 0 Å². The van der Waals surface area contributed by atoms with Gasteiger partial charge in [0.1, 0.15) is 5.01 Å². The van der Waals surface area contributed by atoms with Gasteiger partial charge in [0.15, 0.2) is 0 Å². The fourth-order valence-corrected chi connectivity index (χ4v) is 5.54. The van der Waals surface area contributed by atoms with E-state index in [0.29, 0.717) is 6.04 Å². The van der Waals surface area contributed by atoms with Crippen LogP contribution in [0.2, 0.25) is 5.02 Å². The van der Waals surface area contributed by atoms with Crippen molar-refractivity contribution in [3.8, 4) is 21.7 Å². The van der Waals surface area contributed by atoms with E-state index in [-0.39, 0.29) is 0 Å². The highest BCUT2D eigenvalue weighted by atomic mass is 35.5. The Kier molecular flexibility index (Phi) is 5.89. The largest absolute Gasteiger partial charge is 0.368 e. The number of halogens is 1. The standard InChI is InChI=1S/C26H27ClN4S/c1-17(2)30-8-10-31(11-9-30)22-14-20(15-28-16-22)26-29-24-13-18(3)12-23(25(24)32-26)19-4-6-21(27)7-5-19/h4-7,12-17H,8-11H2,1-3H3. The number of thiazole rings is 1. The maximum atomic E-state index is 6.11. The van der Waals surface area contributed by atoms with Crippen LogP contribution in [0.3, 0.4) is 0 Å². The second-order valence-corrected chi connectivity index (χ2v) is 10.2. The van der Waals surface area contributed by atoms with Gasteiger partial charge in [-0.2, -0.15) is 0 Å². The van der Waals surface area contributed by atoms with Crippen molar-refractivity contribution in [1.29, 1.82) is 0 Å². The van der Waals surface area contributed by atoms with Crippen LogP contribution in [0.15, 0.2) is 54.9 Å². The van der Waals surface area contributed by atoms with Gasteiger partial charge in [0.05, 0.1) is 22.1 Å². The van der Waals surface area contributed by atoms with Gasteiger partial charge >= 0.3 is 0 Å². The van der Waals surface area contributed by atoms with Crippen molar-refractivity contribution < 1.29 is 0 Å². The molecule has 4 aromatic rings. The van der Waals surface area contributed by atoms with Gasteiger partial charge in [-0.1, -0.05) is 23.7 Å². The number of anilines is 1. The molecule has 0 radical (unpaired) electrons. The summed E-state index contributed by atoms with van der Waals surface area (Å²) in [7, 11) is 0. The summed E-state index contributed by atoms with van der Waals surface area (Å²) in [4.78, 5) is 14.5. The summed E-state index contributed by atoms with van der Waals surface area (Å²) < 4.78 is 1.20. The molecule has 3 heterocycles. The van der Waals surface area contributed by atoms with Gasteiger partial charge in [-0.25, -0.2) is 4.98 Å². The maximum absolute atomic E-state index is 6.11. The number of hydrogen-bond acceptors (Lipinski definition) is 5. The van der Waals surface area contributed by atoms with Crippen molar-refractivity contribution in [2.45, 2.75) is 26.8 Å². The molecule has 0 spiro atoms. The molecule has 0 saturated carbocycles. The van der Waals surface area contributed by atoms with Crippen molar-refractivity contribution in [3.63, 3.8) is 0 Å². The van der Waals surface area contributed by atoms with Gasteiger partial charge < -0.3 is 4.90 Å². The molecular weight excluding hydrogens is 436 g/mol. The van der Waals surface area contributed by atoms with Gasteiger partial charge in [0.25, 0.3) is 0 Å². The molecule has 6 heteroatoms. The molecular formula is C26H27ClN4S. The third-order valence-electron chi connectivity index (χ3n) is 6.17. The zero-order valence-corrected chi connectivity index (χ0v) is 20.2. The first kappa shape index (κ1) is 21.4. The lowest BCUT2D eigenvalue weighted by Crippen LogP contribution is -2.48. The molecule has 1 aliphatic heterocycles. The first-order valence-electron chi connectivity index (χ1n) is 11.1. The first-order chi connectivity index (χ1) is 15.5. The molecule has 164 valence electrons. The topological polar surface area (TPSA) is 32.3 Å². The highest BCUT2D eigenvalue weighted by molar-refractivity contribution is 7.22. The van der Waals surface area contributed by atoms with Crippen LogP contribution in [-0.4, -0.2) is 47.1 Å². The third-order valence-corrected chi connectivity index (χ3v) is 7.58. The predicted molar refractivity (Wildman–Crippen MR) is 137 cm³/mol. The number of piperazine rings is 1. The molecule has 0 atom stereocenters. The van der Waals surface area contributed by atoms with Gasteiger partial charge in [0.2, 0.25) is 0 Å². The summed E-state index contributed by atoms with van der Waals surface area (Å²) in [6, 6.07) is 15.3. The van der Waals surface area contributed by atoms with Crippen molar-refractivity contribution in [3.05, 3.63) is 65.4 Å². The molecule has 1 saturated heterocycles. The third kappa shape index (κ3) is 4.25. The van der Waals surface area contributed by atoms with E-state index >= 15 is 0 Å². The average molecular weight is 463 g/mol. The van der Waals surface area contributed by atoms with Crippen LogP contribution in [-0.2, 0) is 0 Å². The van der Waals surface area contributed by atoms with Crippen LogP contribution in [0, 0.1) is 6.92 Å². The van der Waals surface area contributed by atoms with Gasteiger partial charge in [0, 0.05) is 54.6 Å². The molecule has 0 N–H and O–H groups in total. The Labute approximate surface area is 198 Å². The molecule has 1 aliphatic rings. The zero-order chi connectivity index (χ0) is 22.2. The fraction of sp³-hybridized carbons (Fsp3) is 0.308. The number of fused-ring (bicyclic) bond motifs is 1. The number of aryl methyl sites for hydroxylation is 1. The van der Waals surface area contributed by atoms with E-state index in [4.69, 9.17) is 16.6 Å². The van der Waals surface area contributed by atoms with Gasteiger partial charge in [-0.05, 0) is 62.2 Å². The van der Waals surface area contributed by atoms with E-state index in [0.717, 1.165) is 52.9 Å². The Bertz CT molecular complexity index is 1240. The lowest BCUT2D eigenvalue weighted by atomic mass is 10.0. The molecule has 0 unspecified atom stereocenters. The van der Waals surface area contributed by atoms with Crippen LogP contribution in [0.4, 0.5) is 5.69 Å². The van der Waals surface area contributed by atoms with Crippen LogP contribution in [0.1, 0.15) is 19.4 Å². The Morgan fingerprint density at radius 3 is 2.41 bits per heavy atom. The number of hydrogen-bond donors (Lipinski definition) is 0. The lowest BCUT2D eigenvalue weighted by Gasteiger charge is -2.38. The normalized spacial score (nSPS) is 15.1. The summed E-state index contributed by atoms with van der Waals surface area (Å²) in [5.74, 6) is 0. The van der Waals surface area contributed by atoms with Crippen molar-refractivity contribution in [2.75, 3.05) is 31.1 Å². The molecule has 5 rings (SSSR count). The highest BCUT2D eigenvalue weighted by Crippen LogP contribution is 2.38. The minimum absolute atomic E-state index is 0.600. The second kappa shape index (κ2) is 8.81. The monoisotopic (exact) mass is 462 g/mol. The number of pyridine rings is 1. The highest BCUT2D eigenvalue weighted by Gasteiger charge is 2.20. The lowest BCUT2D eigenvalue weighted by molar-refractivity contribution is 0.209. The number of aromatic nitrogens is 2. The van der Waals surface area contributed by atoms with Gasteiger partial charge in [-0.3, -0.25) is 9.88 Å². The first-order valence-corrected chi connectivity index (χ1v) is 12.3. The summed E-state index contributed by atoms with van der Waals surface area (Å²) in [5.41, 5.74) is 6.86. The number of rotatable bonds is 4. The smallest absolute Gasteiger partial charge is 0.126 e. The molecule has 4 nitrogen and oxygen atoms in total. The molecule has 2 aromatic heterocycles. The minimum atomic E-state index is 0.600. The fourth-order valence-electron chi connectivity index (χ4n) is 4.35. The van der Waals surface area contributed by atoms with Crippen molar-refractivity contribution in [2.24, 2.45) is 0 Å². The van der Waals surface area contributed by atoms with E-state index in [1.165, 1.54) is 21.5 Å². The Morgan fingerprint density at radius 1 is 0.938 bits per heavy atom. The summed E-state index contributed by atoms with van der Waals surface area (Å²) in [6.07, 6.45) is 3.91. The summed E-state index contributed by atoms with van der Waals surface area (Å²) in [6.45, 7) is 10.9. The zero-order valence-electron chi connectivity index (χ0n) is 18.7. The Hall–Kier alpha value is -2.47. The Balaban J connectivity index is 1.49. The van der Waals surface area contributed by atoms with E-state index in [1.807, 2.05) is 24.5 Å². The number of nitrogens with zero attached hydrogens (tertiary/aromatic N) is 4. The summed E-state index contributed by atoms with van der Waals surface area (Å²) in [5, 5.41) is 1.76. The predicted octanol–water partition coefficient (Wildman–Crippen LogP) is 6.52. The average Bonchev–Trinajstić information content (AvgIpc) is 3.23. The Morgan fingerprint density at radius 2 is 1.69 bits per heavy atom. The molecule has 1 fully saturated rings. The second-order valence-electron chi connectivity index (χ2n) is 8.74. The molecule has 0 aliphatic carbocycles. The van der Waals surface area contributed by atoms with E-state index < -0.39 is 0 Å². The molecule has 32 heavy (non-hydrogen) atoms. The van der Waals surface area contributed by atoms with Crippen molar-refractivity contribution in [1.82, 2.24) is 14.9 Å². The van der Waals surface area contributed by atoms with E-state index in [2.05, 4.69) is 65.9 Å². The molecule has 0 amide bonds. The summed E-state index contributed by atoms with van der Waals surface area (Å²) >= 11 is 7.85.